The zero-order valence-corrected chi connectivity index (χ0v) is 15.6. The lowest BCUT2D eigenvalue weighted by Gasteiger charge is -2.22. The summed E-state index contributed by atoms with van der Waals surface area (Å²) < 4.78 is 0. The van der Waals surface area contributed by atoms with E-state index in [2.05, 4.69) is 10.6 Å². The molecule has 0 radical (unpaired) electrons. The maximum absolute atomic E-state index is 12.5. The van der Waals surface area contributed by atoms with E-state index in [1.54, 1.807) is 24.3 Å². The van der Waals surface area contributed by atoms with Crippen LogP contribution >= 0.6 is 11.6 Å². The molecule has 0 saturated carbocycles. The maximum atomic E-state index is 12.5. The van der Waals surface area contributed by atoms with Gasteiger partial charge >= 0.3 is 6.03 Å². The van der Waals surface area contributed by atoms with Crippen molar-refractivity contribution in [3.8, 4) is 0 Å². The molecule has 0 aliphatic carbocycles. The Morgan fingerprint density at radius 3 is 2.77 bits per heavy atom. The van der Waals surface area contributed by atoms with Crippen LogP contribution in [0.3, 0.4) is 0 Å². The number of urea groups is 1. The van der Waals surface area contributed by atoms with Crippen LogP contribution in [0.2, 0.25) is 5.02 Å². The fourth-order valence-electron chi connectivity index (χ4n) is 2.79. The van der Waals surface area contributed by atoms with Crippen molar-refractivity contribution in [3.05, 3.63) is 34.9 Å². The largest absolute Gasteiger partial charge is 0.394 e. The summed E-state index contributed by atoms with van der Waals surface area (Å²) in [4.78, 5) is 37.8. The van der Waals surface area contributed by atoms with Crippen LogP contribution in [-0.4, -0.2) is 46.5 Å². The number of nitrogens with zero attached hydrogens (tertiary/aromatic N) is 1. The first-order valence-corrected chi connectivity index (χ1v) is 9.00. The summed E-state index contributed by atoms with van der Waals surface area (Å²) in [6, 6.07) is 5.09. The zero-order valence-electron chi connectivity index (χ0n) is 14.9. The molecule has 3 atom stereocenters. The molecule has 1 fully saturated rings. The fourth-order valence-corrected chi connectivity index (χ4v) is 3.00. The number of aliphatic hydroxyl groups excluding tert-OH is 1. The van der Waals surface area contributed by atoms with E-state index in [-0.39, 0.29) is 37.4 Å². The van der Waals surface area contributed by atoms with Gasteiger partial charge in [0.25, 0.3) is 5.91 Å². The molecule has 1 aliphatic heterocycles. The second-order valence-electron chi connectivity index (χ2n) is 6.50. The van der Waals surface area contributed by atoms with E-state index in [0.29, 0.717) is 5.02 Å². The van der Waals surface area contributed by atoms with Crippen LogP contribution in [0.25, 0.3) is 0 Å². The van der Waals surface area contributed by atoms with Gasteiger partial charge in [0, 0.05) is 5.02 Å². The Bertz CT molecular complexity index is 682. The molecular formula is C18H24ClN3O4. The van der Waals surface area contributed by atoms with Crippen molar-refractivity contribution in [2.75, 3.05) is 6.61 Å². The topological polar surface area (TPSA) is 98.7 Å². The lowest BCUT2D eigenvalue weighted by atomic mass is 9.99. The first-order chi connectivity index (χ1) is 12.3. The summed E-state index contributed by atoms with van der Waals surface area (Å²) in [7, 11) is 0. The fraction of sp³-hybridized carbons (Fsp3) is 0.500. The average molecular weight is 382 g/mol. The normalized spacial score (nSPS) is 19.2. The van der Waals surface area contributed by atoms with Crippen molar-refractivity contribution >= 4 is 29.4 Å². The number of halogens is 1. The molecule has 1 saturated heterocycles. The second-order valence-corrected chi connectivity index (χ2v) is 6.94. The van der Waals surface area contributed by atoms with E-state index >= 15 is 0 Å². The van der Waals surface area contributed by atoms with Crippen LogP contribution in [0.5, 0.6) is 0 Å². The predicted molar refractivity (Wildman–Crippen MR) is 97.4 cm³/mol. The van der Waals surface area contributed by atoms with E-state index in [1.807, 2.05) is 13.8 Å². The number of amides is 4. The van der Waals surface area contributed by atoms with Crippen LogP contribution in [0.4, 0.5) is 4.79 Å². The van der Waals surface area contributed by atoms with Gasteiger partial charge in [0.05, 0.1) is 25.6 Å². The molecule has 1 aromatic carbocycles. The van der Waals surface area contributed by atoms with E-state index in [0.717, 1.165) is 16.9 Å². The molecule has 0 spiro atoms. The van der Waals surface area contributed by atoms with Crippen molar-refractivity contribution in [1.29, 1.82) is 0 Å². The number of rotatable bonds is 8. The average Bonchev–Trinajstić information content (AvgIpc) is 2.86. The predicted octanol–water partition coefficient (Wildman–Crippen LogP) is 1.67. The van der Waals surface area contributed by atoms with Gasteiger partial charge in [-0.1, -0.05) is 44.0 Å². The van der Waals surface area contributed by atoms with Gasteiger partial charge in [0.1, 0.15) is 6.04 Å². The minimum Gasteiger partial charge on any atom is -0.394 e. The first kappa shape index (κ1) is 20.2. The van der Waals surface area contributed by atoms with Gasteiger partial charge in [-0.3, -0.25) is 14.5 Å². The minimum atomic E-state index is -0.905. The number of carbonyl (C=O) groups is 3. The Labute approximate surface area is 157 Å². The molecule has 7 nitrogen and oxygen atoms in total. The summed E-state index contributed by atoms with van der Waals surface area (Å²) in [5.41, 5.74) is 0.725. The molecule has 3 N–H and O–H groups in total. The standard InChI is InChI=1S/C18H24ClN3O4/c1-3-11(2)15(10-23)20-16(24)8-14-17(25)22(18(26)21-14)9-12-5-4-6-13(19)7-12/h4-7,11,14-15,23H,3,8-10H2,1-2H3,(H,20,24)(H,21,26)/t11-,14-,15+/m0/s1. The molecule has 26 heavy (non-hydrogen) atoms. The number of hydrogen-bond donors (Lipinski definition) is 3. The van der Waals surface area contributed by atoms with Crippen molar-refractivity contribution in [2.45, 2.75) is 45.3 Å². The highest BCUT2D eigenvalue weighted by molar-refractivity contribution is 6.30. The van der Waals surface area contributed by atoms with Gasteiger partial charge in [-0.05, 0) is 23.6 Å². The number of nitrogens with one attached hydrogen (secondary N) is 2. The molecule has 0 aromatic heterocycles. The Balaban J connectivity index is 1.96. The van der Waals surface area contributed by atoms with Crippen LogP contribution < -0.4 is 10.6 Å². The third-order valence-corrected chi connectivity index (χ3v) is 4.84. The van der Waals surface area contributed by atoms with E-state index in [1.165, 1.54) is 0 Å². The first-order valence-electron chi connectivity index (χ1n) is 8.62. The zero-order chi connectivity index (χ0) is 19.3. The van der Waals surface area contributed by atoms with Crippen LogP contribution in [-0.2, 0) is 16.1 Å². The van der Waals surface area contributed by atoms with Gasteiger partial charge in [0.2, 0.25) is 5.91 Å². The summed E-state index contributed by atoms with van der Waals surface area (Å²) in [5, 5.41) is 15.2. The van der Waals surface area contributed by atoms with E-state index < -0.39 is 18.0 Å². The van der Waals surface area contributed by atoms with Gasteiger partial charge < -0.3 is 15.7 Å². The highest BCUT2D eigenvalue weighted by Crippen LogP contribution is 2.17. The van der Waals surface area contributed by atoms with Crippen LogP contribution in [0, 0.1) is 5.92 Å². The summed E-state index contributed by atoms with van der Waals surface area (Å²) >= 11 is 5.92. The van der Waals surface area contributed by atoms with E-state index in [4.69, 9.17) is 11.6 Å². The number of carbonyl (C=O) groups excluding carboxylic acids is 3. The number of imide groups is 1. The van der Waals surface area contributed by atoms with E-state index in [9.17, 15) is 19.5 Å². The second kappa shape index (κ2) is 9.00. The molecule has 8 heteroatoms. The quantitative estimate of drug-likeness (QED) is 0.596. The molecule has 142 valence electrons. The SMILES string of the molecule is CC[C@H](C)[C@@H](CO)NC(=O)C[C@@H]1NC(=O)N(Cc2cccc(Cl)c2)C1=O. The van der Waals surface area contributed by atoms with Gasteiger partial charge in [0.15, 0.2) is 0 Å². The number of hydrogen-bond acceptors (Lipinski definition) is 4. The van der Waals surface area contributed by atoms with Crippen LogP contribution in [0.1, 0.15) is 32.3 Å². The Morgan fingerprint density at radius 1 is 1.42 bits per heavy atom. The molecule has 1 heterocycles. The smallest absolute Gasteiger partial charge is 0.325 e. The maximum Gasteiger partial charge on any atom is 0.325 e. The molecule has 2 rings (SSSR count). The van der Waals surface area contributed by atoms with Gasteiger partial charge in [-0.15, -0.1) is 0 Å². The summed E-state index contributed by atoms with van der Waals surface area (Å²) in [5.74, 6) is -0.723. The van der Waals surface area contributed by atoms with Gasteiger partial charge in [-0.25, -0.2) is 4.79 Å². The van der Waals surface area contributed by atoms with Crippen LogP contribution in [0.15, 0.2) is 24.3 Å². The monoisotopic (exact) mass is 381 g/mol. The Kier molecular flexibility index (Phi) is 6.99. The summed E-state index contributed by atoms with van der Waals surface area (Å²) in [6.45, 7) is 3.81. The minimum absolute atomic E-state index is 0.0927. The number of benzene rings is 1. The Hall–Kier alpha value is -2.12. The van der Waals surface area contributed by atoms with Crippen molar-refractivity contribution < 1.29 is 19.5 Å². The van der Waals surface area contributed by atoms with Gasteiger partial charge in [-0.2, -0.15) is 0 Å². The highest BCUT2D eigenvalue weighted by Gasteiger charge is 2.39. The Morgan fingerprint density at radius 2 is 2.15 bits per heavy atom. The molecule has 0 unspecified atom stereocenters. The molecule has 1 aliphatic rings. The lowest BCUT2D eigenvalue weighted by molar-refractivity contribution is -0.131. The van der Waals surface area contributed by atoms with Crippen molar-refractivity contribution in [2.24, 2.45) is 5.92 Å². The molecule has 0 bridgehead atoms. The third-order valence-electron chi connectivity index (χ3n) is 4.60. The number of aliphatic hydroxyl groups is 1. The van der Waals surface area contributed by atoms with Crippen molar-refractivity contribution in [1.82, 2.24) is 15.5 Å². The third kappa shape index (κ3) is 4.95. The lowest BCUT2D eigenvalue weighted by Crippen LogP contribution is -2.44. The molecular weight excluding hydrogens is 358 g/mol. The highest BCUT2D eigenvalue weighted by atomic mass is 35.5. The molecule has 1 aromatic rings. The summed E-state index contributed by atoms with van der Waals surface area (Å²) in [6.07, 6.45) is 0.640. The van der Waals surface area contributed by atoms with Crippen molar-refractivity contribution in [3.63, 3.8) is 0 Å². The molecule has 4 amide bonds.